The maximum Gasteiger partial charge on any atom is 0.227 e. The quantitative estimate of drug-likeness (QED) is 0.379. The van der Waals surface area contributed by atoms with E-state index in [4.69, 9.17) is 9.15 Å². The van der Waals surface area contributed by atoms with Crippen LogP contribution in [0.3, 0.4) is 0 Å². The summed E-state index contributed by atoms with van der Waals surface area (Å²) in [6.45, 7) is 3.36. The number of phenolic OH excluding ortho intramolecular Hbond substituents is 1. The number of methoxy groups -OCH3 is 1. The van der Waals surface area contributed by atoms with Gasteiger partial charge in [-0.15, -0.1) is 10.2 Å². The van der Waals surface area contributed by atoms with Gasteiger partial charge in [-0.3, -0.25) is 14.0 Å². The van der Waals surface area contributed by atoms with E-state index >= 15 is 0 Å². The smallest absolute Gasteiger partial charge is 0.227 e. The van der Waals surface area contributed by atoms with E-state index in [2.05, 4.69) is 15.5 Å². The number of fused-ring (bicyclic) bond motifs is 1. The third-order valence-corrected chi connectivity index (χ3v) is 5.49. The van der Waals surface area contributed by atoms with Gasteiger partial charge in [-0.05, 0) is 43.7 Å². The Kier molecular flexibility index (Phi) is 6.22. The molecule has 0 aliphatic carbocycles. The van der Waals surface area contributed by atoms with Crippen LogP contribution in [0.4, 0.5) is 0 Å². The molecule has 0 fully saturated rings. The number of hydrogen-bond donors (Lipinski definition) is 3. The van der Waals surface area contributed by atoms with Crippen molar-refractivity contribution in [2.75, 3.05) is 7.11 Å². The predicted molar refractivity (Wildman–Crippen MR) is 122 cm³/mol. The molecule has 10 heteroatoms. The Morgan fingerprint density at radius 3 is 2.76 bits per heavy atom. The van der Waals surface area contributed by atoms with Crippen LogP contribution in [-0.4, -0.2) is 37.8 Å². The molecule has 0 saturated heterocycles. The summed E-state index contributed by atoms with van der Waals surface area (Å²) in [7, 11) is 1.40. The van der Waals surface area contributed by atoms with E-state index in [-0.39, 0.29) is 35.3 Å². The second kappa shape index (κ2) is 9.26. The lowest BCUT2D eigenvalue weighted by Crippen LogP contribution is -2.29. The molecule has 2 atom stereocenters. The molecule has 3 aromatic heterocycles. The van der Waals surface area contributed by atoms with Gasteiger partial charge in [0.2, 0.25) is 17.1 Å². The first kappa shape index (κ1) is 22.8. The van der Waals surface area contributed by atoms with Crippen molar-refractivity contribution in [2.24, 2.45) is 0 Å². The molecule has 3 heterocycles. The summed E-state index contributed by atoms with van der Waals surface area (Å²) in [6.07, 6.45) is 1.65. The molecule has 0 saturated carbocycles. The normalized spacial score (nSPS) is 12.9. The Labute approximate surface area is 194 Å². The van der Waals surface area contributed by atoms with Crippen molar-refractivity contribution in [3.05, 3.63) is 81.8 Å². The van der Waals surface area contributed by atoms with Crippen molar-refractivity contribution >= 4 is 11.6 Å². The van der Waals surface area contributed by atoms with Gasteiger partial charge in [0.25, 0.3) is 0 Å². The standard InChI is InChI=1S/C24H24N4O6/c1-13-10-18(30)22(32)23(34-13)16(15-7-8-17(29)19(11-15)33-3)12-21(31)25-14(2)24-27-26-20-6-4-5-9-28(20)24/h4-11,14,16,29,32H,12H2,1-3H3,(H,25,31)/t14-,16+/m1/s1. The van der Waals surface area contributed by atoms with Crippen LogP contribution in [0.2, 0.25) is 0 Å². The van der Waals surface area contributed by atoms with Crippen LogP contribution >= 0.6 is 0 Å². The molecule has 1 amide bonds. The fourth-order valence-electron chi connectivity index (χ4n) is 3.84. The predicted octanol–water partition coefficient (Wildman–Crippen LogP) is 2.81. The molecule has 0 radical (unpaired) electrons. The number of carbonyl (C=O) groups excluding carboxylic acids is 1. The lowest BCUT2D eigenvalue weighted by molar-refractivity contribution is -0.122. The van der Waals surface area contributed by atoms with Gasteiger partial charge in [0.05, 0.1) is 19.1 Å². The molecular weight excluding hydrogens is 440 g/mol. The van der Waals surface area contributed by atoms with Gasteiger partial charge in [-0.2, -0.15) is 0 Å². The summed E-state index contributed by atoms with van der Waals surface area (Å²) in [5, 5.41) is 31.6. The van der Waals surface area contributed by atoms with E-state index in [0.29, 0.717) is 17.0 Å². The Morgan fingerprint density at radius 1 is 1.21 bits per heavy atom. The topological polar surface area (TPSA) is 139 Å². The van der Waals surface area contributed by atoms with Crippen molar-refractivity contribution in [1.29, 1.82) is 0 Å². The van der Waals surface area contributed by atoms with Crippen LogP contribution in [0.5, 0.6) is 17.2 Å². The number of nitrogens with one attached hydrogen (secondary N) is 1. The summed E-state index contributed by atoms with van der Waals surface area (Å²) in [6, 6.07) is 10.7. The third kappa shape index (κ3) is 4.42. The van der Waals surface area contributed by atoms with E-state index in [1.54, 1.807) is 30.5 Å². The summed E-state index contributed by atoms with van der Waals surface area (Å²) in [4.78, 5) is 25.3. The minimum Gasteiger partial charge on any atom is -0.504 e. The number of carbonyl (C=O) groups is 1. The SMILES string of the molecule is COc1cc([C@H](CC(=O)N[C@H](C)c2nnc3ccccn23)c2oc(C)cc(=O)c2O)ccc1O. The van der Waals surface area contributed by atoms with Gasteiger partial charge >= 0.3 is 0 Å². The minimum absolute atomic E-state index is 0.0477. The molecule has 176 valence electrons. The largest absolute Gasteiger partial charge is 0.504 e. The highest BCUT2D eigenvalue weighted by molar-refractivity contribution is 5.78. The Bertz CT molecular complexity index is 1410. The Balaban J connectivity index is 1.67. The average Bonchev–Trinajstić information content (AvgIpc) is 3.25. The van der Waals surface area contributed by atoms with Crippen molar-refractivity contribution in [3.8, 4) is 17.2 Å². The van der Waals surface area contributed by atoms with Gasteiger partial charge in [0.15, 0.2) is 28.7 Å². The fourth-order valence-corrected chi connectivity index (χ4v) is 3.84. The molecule has 4 aromatic rings. The number of aromatic hydroxyl groups is 2. The number of aromatic nitrogens is 3. The number of benzene rings is 1. The minimum atomic E-state index is -0.829. The lowest BCUT2D eigenvalue weighted by atomic mass is 9.91. The molecule has 0 spiro atoms. The van der Waals surface area contributed by atoms with Crippen molar-refractivity contribution in [3.63, 3.8) is 0 Å². The van der Waals surface area contributed by atoms with E-state index in [1.165, 1.54) is 25.3 Å². The first-order valence-corrected chi connectivity index (χ1v) is 10.6. The van der Waals surface area contributed by atoms with Crippen LogP contribution in [0.1, 0.15) is 48.2 Å². The lowest BCUT2D eigenvalue weighted by Gasteiger charge is -2.20. The summed E-state index contributed by atoms with van der Waals surface area (Å²) in [5.41, 5.74) is 0.548. The molecule has 3 N–H and O–H groups in total. The molecule has 0 aliphatic rings. The number of phenols is 1. The number of aryl methyl sites for hydroxylation is 1. The summed E-state index contributed by atoms with van der Waals surface area (Å²) < 4.78 is 12.6. The highest BCUT2D eigenvalue weighted by atomic mass is 16.5. The van der Waals surface area contributed by atoms with Crippen LogP contribution in [0, 0.1) is 6.92 Å². The fraction of sp³-hybridized carbons (Fsp3) is 0.250. The Morgan fingerprint density at radius 2 is 2.00 bits per heavy atom. The van der Waals surface area contributed by atoms with Crippen LogP contribution in [0.25, 0.3) is 5.65 Å². The second-order valence-corrected chi connectivity index (χ2v) is 7.90. The number of amides is 1. The van der Waals surface area contributed by atoms with Gasteiger partial charge in [0.1, 0.15) is 5.76 Å². The van der Waals surface area contributed by atoms with Gasteiger partial charge in [0, 0.05) is 18.7 Å². The van der Waals surface area contributed by atoms with E-state index in [9.17, 15) is 19.8 Å². The number of ether oxygens (including phenoxy) is 1. The van der Waals surface area contributed by atoms with Crippen LogP contribution in [-0.2, 0) is 4.79 Å². The second-order valence-electron chi connectivity index (χ2n) is 7.90. The van der Waals surface area contributed by atoms with Crippen molar-refractivity contribution < 1.29 is 24.2 Å². The number of pyridine rings is 1. The molecule has 0 aliphatic heterocycles. The third-order valence-electron chi connectivity index (χ3n) is 5.49. The molecule has 0 unspecified atom stereocenters. The van der Waals surface area contributed by atoms with Gasteiger partial charge in [-0.25, -0.2) is 0 Å². The maximum absolute atomic E-state index is 13.1. The van der Waals surface area contributed by atoms with Crippen LogP contribution in [0.15, 0.2) is 57.9 Å². The molecule has 1 aromatic carbocycles. The molecule has 34 heavy (non-hydrogen) atoms. The van der Waals surface area contributed by atoms with E-state index in [0.717, 1.165) is 0 Å². The molecule has 10 nitrogen and oxygen atoms in total. The Hall–Kier alpha value is -4.34. The van der Waals surface area contributed by atoms with Crippen molar-refractivity contribution in [2.45, 2.75) is 32.2 Å². The number of hydrogen-bond acceptors (Lipinski definition) is 8. The number of rotatable bonds is 7. The highest BCUT2D eigenvalue weighted by Crippen LogP contribution is 2.37. The molecule has 4 rings (SSSR count). The van der Waals surface area contributed by atoms with Crippen molar-refractivity contribution in [1.82, 2.24) is 19.9 Å². The first-order valence-electron chi connectivity index (χ1n) is 10.6. The summed E-state index contributed by atoms with van der Waals surface area (Å²) >= 11 is 0. The molecule has 0 bridgehead atoms. The zero-order chi connectivity index (χ0) is 24.4. The van der Waals surface area contributed by atoms with E-state index in [1.807, 2.05) is 18.2 Å². The highest BCUT2D eigenvalue weighted by Gasteiger charge is 2.28. The van der Waals surface area contributed by atoms with Gasteiger partial charge in [-0.1, -0.05) is 12.1 Å². The first-order chi connectivity index (χ1) is 16.3. The van der Waals surface area contributed by atoms with Gasteiger partial charge < -0.3 is 24.7 Å². The zero-order valence-electron chi connectivity index (χ0n) is 18.8. The van der Waals surface area contributed by atoms with Crippen LogP contribution < -0.4 is 15.5 Å². The zero-order valence-corrected chi connectivity index (χ0v) is 18.8. The van der Waals surface area contributed by atoms with E-state index < -0.39 is 23.1 Å². The molecular formula is C24H24N4O6. The number of nitrogens with zero attached hydrogens (tertiary/aromatic N) is 3. The monoisotopic (exact) mass is 464 g/mol. The average molecular weight is 464 g/mol. The maximum atomic E-state index is 13.1. The summed E-state index contributed by atoms with van der Waals surface area (Å²) in [5.74, 6) is -0.892.